The SMILES string of the molecule is O=S(=O)(Nc1ccc(N2CCN(C3CC3)CC2)cc1)c1ccc(Cl)s1. The second-order valence-corrected chi connectivity index (χ2v) is 10.1. The van der Waals surface area contributed by atoms with Crippen molar-refractivity contribution in [3.8, 4) is 0 Å². The predicted molar refractivity (Wildman–Crippen MR) is 103 cm³/mol. The number of rotatable bonds is 5. The van der Waals surface area contributed by atoms with Crippen LogP contribution in [0.1, 0.15) is 12.8 Å². The third-order valence-corrected chi connectivity index (χ3v) is 7.78. The largest absolute Gasteiger partial charge is 0.369 e. The minimum Gasteiger partial charge on any atom is -0.369 e. The average Bonchev–Trinajstić information content (AvgIpc) is 3.36. The van der Waals surface area contributed by atoms with Gasteiger partial charge in [0.2, 0.25) is 0 Å². The van der Waals surface area contributed by atoms with Crippen LogP contribution in [0.25, 0.3) is 0 Å². The number of benzene rings is 1. The van der Waals surface area contributed by atoms with Gasteiger partial charge in [0, 0.05) is 43.6 Å². The number of thiophene rings is 1. The van der Waals surface area contributed by atoms with Crippen molar-refractivity contribution in [2.24, 2.45) is 0 Å². The maximum atomic E-state index is 12.3. The lowest BCUT2D eigenvalue weighted by atomic mass is 10.2. The molecule has 0 atom stereocenters. The van der Waals surface area contributed by atoms with E-state index in [1.54, 1.807) is 6.07 Å². The topological polar surface area (TPSA) is 52.7 Å². The zero-order chi connectivity index (χ0) is 17.4. The fourth-order valence-electron chi connectivity index (χ4n) is 3.17. The Labute approximate surface area is 157 Å². The first-order valence-electron chi connectivity index (χ1n) is 8.38. The van der Waals surface area contributed by atoms with Crippen molar-refractivity contribution in [1.29, 1.82) is 0 Å². The van der Waals surface area contributed by atoms with Crippen molar-refractivity contribution in [3.63, 3.8) is 0 Å². The lowest BCUT2D eigenvalue weighted by Gasteiger charge is -2.36. The molecule has 134 valence electrons. The zero-order valence-corrected chi connectivity index (χ0v) is 16.1. The molecule has 0 unspecified atom stereocenters. The highest BCUT2D eigenvalue weighted by Crippen LogP contribution is 2.30. The Morgan fingerprint density at radius 1 is 1.00 bits per heavy atom. The molecule has 1 aliphatic heterocycles. The molecule has 25 heavy (non-hydrogen) atoms. The number of nitrogens with zero attached hydrogens (tertiary/aromatic N) is 2. The van der Waals surface area contributed by atoms with Crippen LogP contribution in [-0.4, -0.2) is 45.5 Å². The molecule has 2 heterocycles. The van der Waals surface area contributed by atoms with Gasteiger partial charge in [-0.1, -0.05) is 11.6 Å². The summed E-state index contributed by atoms with van der Waals surface area (Å²) in [6, 6.07) is 11.5. The molecule has 0 amide bonds. The molecular weight excluding hydrogens is 378 g/mol. The fraction of sp³-hybridized carbons (Fsp3) is 0.412. The molecule has 0 bridgehead atoms. The summed E-state index contributed by atoms with van der Waals surface area (Å²) in [5.41, 5.74) is 1.70. The highest BCUT2D eigenvalue weighted by Gasteiger charge is 2.31. The summed E-state index contributed by atoms with van der Waals surface area (Å²) in [4.78, 5) is 4.93. The Hall–Kier alpha value is -1.28. The standard InChI is InChI=1S/C17H20ClN3O2S2/c18-16-7-8-17(24-16)25(22,23)19-13-1-3-14(4-2-13)20-9-11-21(12-10-20)15-5-6-15/h1-4,7-8,15,19H,5-6,9-12H2. The molecule has 2 aromatic rings. The van der Waals surface area contributed by atoms with Crippen molar-refractivity contribution < 1.29 is 8.42 Å². The van der Waals surface area contributed by atoms with Gasteiger partial charge < -0.3 is 4.90 Å². The summed E-state index contributed by atoms with van der Waals surface area (Å²) in [7, 11) is -3.58. The van der Waals surface area contributed by atoms with Crippen LogP contribution in [0.5, 0.6) is 0 Å². The Morgan fingerprint density at radius 2 is 1.68 bits per heavy atom. The number of nitrogens with one attached hydrogen (secondary N) is 1. The van der Waals surface area contributed by atoms with Crippen LogP contribution >= 0.6 is 22.9 Å². The Balaban J connectivity index is 1.40. The number of hydrogen-bond acceptors (Lipinski definition) is 5. The molecule has 1 N–H and O–H groups in total. The highest BCUT2D eigenvalue weighted by molar-refractivity contribution is 7.94. The van der Waals surface area contributed by atoms with E-state index >= 15 is 0 Å². The number of hydrogen-bond donors (Lipinski definition) is 1. The highest BCUT2D eigenvalue weighted by atomic mass is 35.5. The summed E-state index contributed by atoms with van der Waals surface area (Å²) in [6.45, 7) is 4.26. The molecule has 1 aromatic heterocycles. The zero-order valence-electron chi connectivity index (χ0n) is 13.7. The van der Waals surface area contributed by atoms with Crippen LogP contribution in [-0.2, 0) is 10.0 Å². The van der Waals surface area contributed by atoms with Crippen LogP contribution < -0.4 is 9.62 Å². The van der Waals surface area contributed by atoms with E-state index in [4.69, 9.17) is 11.6 Å². The molecule has 1 saturated carbocycles. The van der Waals surface area contributed by atoms with Crippen molar-refractivity contribution in [2.45, 2.75) is 23.1 Å². The van der Waals surface area contributed by atoms with Crippen molar-refractivity contribution in [2.75, 3.05) is 35.8 Å². The van der Waals surface area contributed by atoms with E-state index in [1.807, 2.05) is 24.3 Å². The molecule has 5 nitrogen and oxygen atoms in total. The minimum absolute atomic E-state index is 0.220. The van der Waals surface area contributed by atoms with Gasteiger partial charge in [-0.25, -0.2) is 8.42 Å². The Morgan fingerprint density at radius 3 is 2.24 bits per heavy atom. The normalized spacial score (nSPS) is 19.2. The number of anilines is 2. The van der Waals surface area contributed by atoms with E-state index in [0.717, 1.165) is 49.2 Å². The maximum absolute atomic E-state index is 12.3. The second-order valence-electron chi connectivity index (χ2n) is 6.47. The lowest BCUT2D eigenvalue weighted by Crippen LogP contribution is -2.47. The number of piperazine rings is 1. The number of halogens is 1. The monoisotopic (exact) mass is 397 g/mol. The van der Waals surface area contributed by atoms with Crippen molar-refractivity contribution in [1.82, 2.24) is 4.90 Å². The first-order chi connectivity index (χ1) is 12.0. The van der Waals surface area contributed by atoms with E-state index in [1.165, 1.54) is 18.9 Å². The minimum atomic E-state index is -3.58. The van der Waals surface area contributed by atoms with Crippen LogP contribution in [0.4, 0.5) is 11.4 Å². The van der Waals surface area contributed by atoms with Gasteiger partial charge in [0.15, 0.2) is 0 Å². The summed E-state index contributed by atoms with van der Waals surface area (Å²) in [6.07, 6.45) is 2.70. The first kappa shape index (κ1) is 17.1. The summed E-state index contributed by atoms with van der Waals surface area (Å²) >= 11 is 6.88. The fourth-order valence-corrected chi connectivity index (χ4v) is 5.71. The smallest absolute Gasteiger partial charge is 0.271 e. The summed E-state index contributed by atoms with van der Waals surface area (Å²) in [5.74, 6) is 0. The average molecular weight is 398 g/mol. The lowest BCUT2D eigenvalue weighted by molar-refractivity contribution is 0.248. The molecule has 0 radical (unpaired) electrons. The van der Waals surface area contributed by atoms with Gasteiger partial charge >= 0.3 is 0 Å². The van der Waals surface area contributed by atoms with Crippen LogP contribution in [0, 0.1) is 0 Å². The van der Waals surface area contributed by atoms with Gasteiger partial charge in [-0.2, -0.15) is 0 Å². The molecule has 1 aliphatic carbocycles. The molecule has 4 rings (SSSR count). The van der Waals surface area contributed by atoms with E-state index in [-0.39, 0.29) is 4.21 Å². The Bertz CT molecular complexity index is 839. The van der Waals surface area contributed by atoms with Crippen LogP contribution in [0.3, 0.4) is 0 Å². The van der Waals surface area contributed by atoms with Gasteiger partial charge in [0.25, 0.3) is 10.0 Å². The molecular formula is C17H20ClN3O2S2. The van der Waals surface area contributed by atoms with Crippen molar-refractivity contribution in [3.05, 3.63) is 40.7 Å². The first-order valence-corrected chi connectivity index (χ1v) is 11.1. The summed E-state index contributed by atoms with van der Waals surface area (Å²) in [5, 5.41) is 0. The molecule has 2 aliphatic rings. The Kier molecular flexibility index (Phi) is 4.66. The van der Waals surface area contributed by atoms with E-state index in [9.17, 15) is 8.42 Å². The molecule has 1 aromatic carbocycles. The second kappa shape index (κ2) is 6.79. The molecule has 2 fully saturated rings. The van der Waals surface area contributed by atoms with Gasteiger partial charge in [-0.05, 0) is 49.2 Å². The van der Waals surface area contributed by atoms with E-state index in [2.05, 4.69) is 14.5 Å². The third kappa shape index (κ3) is 3.95. The molecule has 0 spiro atoms. The van der Waals surface area contributed by atoms with Crippen LogP contribution in [0.15, 0.2) is 40.6 Å². The van der Waals surface area contributed by atoms with Gasteiger partial charge in [0.05, 0.1) is 4.34 Å². The molecule has 8 heteroatoms. The quantitative estimate of drug-likeness (QED) is 0.839. The predicted octanol–water partition coefficient (Wildman–Crippen LogP) is 3.49. The number of sulfonamides is 1. The van der Waals surface area contributed by atoms with E-state index in [0.29, 0.717) is 10.0 Å². The molecule has 1 saturated heterocycles. The van der Waals surface area contributed by atoms with Crippen molar-refractivity contribution >= 4 is 44.3 Å². The van der Waals surface area contributed by atoms with Gasteiger partial charge in [0.1, 0.15) is 4.21 Å². The summed E-state index contributed by atoms with van der Waals surface area (Å²) < 4.78 is 27.9. The maximum Gasteiger partial charge on any atom is 0.271 e. The van der Waals surface area contributed by atoms with Crippen LogP contribution in [0.2, 0.25) is 4.34 Å². The van der Waals surface area contributed by atoms with E-state index < -0.39 is 10.0 Å². The van der Waals surface area contributed by atoms with Gasteiger partial charge in [-0.3, -0.25) is 9.62 Å². The third-order valence-electron chi connectivity index (χ3n) is 4.68. The van der Waals surface area contributed by atoms with Gasteiger partial charge in [-0.15, -0.1) is 11.3 Å².